The number of carboxylic acids is 2. The first-order valence-electron chi connectivity index (χ1n) is 12.9. The van der Waals surface area contributed by atoms with Crippen LogP contribution in [0.25, 0.3) is 10.4 Å². The Labute approximate surface area is 220 Å². The summed E-state index contributed by atoms with van der Waals surface area (Å²) in [7, 11) is 0. The molecule has 1 saturated heterocycles. The van der Waals surface area contributed by atoms with Crippen LogP contribution in [0, 0.1) is 12.8 Å². The fourth-order valence-electron chi connectivity index (χ4n) is 5.11. The maximum atomic E-state index is 12.6. The zero-order valence-corrected chi connectivity index (χ0v) is 21.9. The van der Waals surface area contributed by atoms with E-state index in [9.17, 15) is 19.5 Å². The smallest absolute Gasteiger partial charge is 0.349 e. The quantitative estimate of drug-likeness (QED) is 0.358. The van der Waals surface area contributed by atoms with Gasteiger partial charge in [0.25, 0.3) is 0 Å². The Kier molecular flexibility index (Phi) is 8.91. The van der Waals surface area contributed by atoms with Gasteiger partial charge in [0.1, 0.15) is 5.75 Å². The minimum Gasteiger partial charge on any atom is -0.480 e. The number of nitrogens with zero attached hydrogens (tertiary/aromatic N) is 1. The Balaban J connectivity index is 1.33. The van der Waals surface area contributed by atoms with Crippen LogP contribution in [-0.4, -0.2) is 65.4 Å². The van der Waals surface area contributed by atoms with Crippen LogP contribution in [-0.2, 0) is 4.79 Å². The minimum absolute atomic E-state index is 0.00797. The van der Waals surface area contributed by atoms with E-state index in [-0.39, 0.29) is 16.7 Å². The van der Waals surface area contributed by atoms with E-state index in [1.54, 1.807) is 6.92 Å². The summed E-state index contributed by atoms with van der Waals surface area (Å²) in [5, 5.41) is 25.2. The van der Waals surface area contributed by atoms with Crippen LogP contribution >= 0.6 is 11.3 Å². The lowest BCUT2D eigenvalue weighted by Crippen LogP contribution is -2.48. The van der Waals surface area contributed by atoms with E-state index in [1.165, 1.54) is 19.3 Å². The van der Waals surface area contributed by atoms with Gasteiger partial charge in [-0.05, 0) is 56.2 Å². The second-order valence-corrected chi connectivity index (χ2v) is 10.9. The van der Waals surface area contributed by atoms with Gasteiger partial charge < -0.3 is 30.5 Å². The van der Waals surface area contributed by atoms with Crippen molar-refractivity contribution in [2.45, 2.75) is 57.9 Å². The lowest BCUT2D eigenvalue weighted by Gasteiger charge is -2.34. The van der Waals surface area contributed by atoms with Gasteiger partial charge in [0.15, 0.2) is 11.5 Å². The first kappa shape index (κ1) is 26.8. The number of anilines is 1. The number of rotatable bonds is 9. The number of carboxylic acid groups (broad SMARTS) is 2. The fourth-order valence-corrected chi connectivity index (χ4v) is 6.19. The molecule has 0 spiro atoms. The molecule has 0 unspecified atom stereocenters. The zero-order chi connectivity index (χ0) is 26.4. The number of amides is 2. The summed E-state index contributed by atoms with van der Waals surface area (Å²) in [4.78, 5) is 37.9. The molecule has 200 valence electrons. The van der Waals surface area contributed by atoms with E-state index < -0.39 is 18.5 Å². The molecule has 2 amide bonds. The zero-order valence-electron chi connectivity index (χ0n) is 21.1. The van der Waals surface area contributed by atoms with Crippen molar-refractivity contribution in [2.75, 3.05) is 31.6 Å². The van der Waals surface area contributed by atoms with Crippen molar-refractivity contribution < 1.29 is 29.3 Å². The normalized spacial score (nSPS) is 16.8. The largest absolute Gasteiger partial charge is 0.480 e. The topological polar surface area (TPSA) is 128 Å². The number of aliphatic carboxylic acids is 1. The molecule has 4 rings (SSSR count). The summed E-state index contributed by atoms with van der Waals surface area (Å²) in [5.41, 5.74) is 2.38. The molecule has 1 aliphatic carbocycles. The number of nitrogens with one attached hydrogen (secondary N) is 2. The summed E-state index contributed by atoms with van der Waals surface area (Å²) in [6.07, 6.45) is 7.74. The highest BCUT2D eigenvalue weighted by atomic mass is 32.1. The highest BCUT2D eigenvalue weighted by Gasteiger charge is 2.26. The fraction of sp³-hybridized carbons (Fsp3) is 0.519. The third-order valence-electron chi connectivity index (χ3n) is 7.18. The molecule has 4 N–H and O–H groups in total. The van der Waals surface area contributed by atoms with Crippen LogP contribution in [0.4, 0.5) is 10.5 Å². The molecule has 2 aliphatic rings. The van der Waals surface area contributed by atoms with Gasteiger partial charge in [-0.1, -0.05) is 31.4 Å². The molecule has 0 radical (unpaired) electrons. The van der Waals surface area contributed by atoms with Crippen molar-refractivity contribution in [1.82, 2.24) is 10.2 Å². The predicted octanol–water partition coefficient (Wildman–Crippen LogP) is 5.05. The number of carbonyl (C=O) groups is 3. The van der Waals surface area contributed by atoms with Gasteiger partial charge in [-0.25, -0.2) is 14.4 Å². The van der Waals surface area contributed by atoms with Gasteiger partial charge in [0.2, 0.25) is 0 Å². The molecule has 2 aromatic rings. The van der Waals surface area contributed by atoms with Crippen molar-refractivity contribution in [2.24, 2.45) is 5.92 Å². The predicted molar refractivity (Wildman–Crippen MR) is 143 cm³/mol. The highest BCUT2D eigenvalue weighted by Crippen LogP contribution is 2.42. The molecule has 2 heterocycles. The van der Waals surface area contributed by atoms with Gasteiger partial charge in [-0.2, -0.15) is 0 Å². The van der Waals surface area contributed by atoms with Crippen LogP contribution in [0.1, 0.15) is 60.2 Å². The number of ether oxygens (including phenoxy) is 1. The van der Waals surface area contributed by atoms with Crippen molar-refractivity contribution in [1.29, 1.82) is 0 Å². The number of thiophene rings is 1. The Morgan fingerprint density at radius 3 is 2.49 bits per heavy atom. The van der Waals surface area contributed by atoms with Gasteiger partial charge in [0.05, 0.1) is 0 Å². The molecule has 0 atom stereocenters. The molecule has 1 aromatic heterocycles. The van der Waals surface area contributed by atoms with Crippen LogP contribution in [0.2, 0.25) is 0 Å². The highest BCUT2D eigenvalue weighted by molar-refractivity contribution is 7.18. The first-order chi connectivity index (χ1) is 17.8. The van der Waals surface area contributed by atoms with Gasteiger partial charge in [-0.3, -0.25) is 0 Å². The number of hydrogen-bond donors (Lipinski definition) is 4. The number of carbonyl (C=O) groups excluding carboxylic acids is 1. The third kappa shape index (κ3) is 6.94. The van der Waals surface area contributed by atoms with Crippen LogP contribution in [0.5, 0.6) is 5.75 Å². The van der Waals surface area contributed by atoms with E-state index >= 15 is 0 Å². The van der Waals surface area contributed by atoms with Gasteiger partial charge in [-0.15, -0.1) is 11.3 Å². The minimum atomic E-state index is -1.16. The number of aromatic carboxylic acids is 1. The average Bonchev–Trinajstić information content (AvgIpc) is 3.23. The molecule has 37 heavy (non-hydrogen) atoms. The standard InChI is InChI=1S/C27H35N3O6S/c1-17-23(36-16-22(31)32)25(26(33)34)37-24(17)19-6-5-9-21(14-19)28-15-18-10-12-30(13-11-18)27(35)29-20-7-3-2-4-8-20/h5-6,9,14,18,20,28H,2-4,7-8,10-13,15-16H2,1H3,(H,29,35)(H,31,32)(H,33,34). The van der Waals surface area contributed by atoms with Crippen molar-refractivity contribution >= 4 is 35.0 Å². The molecule has 1 aromatic carbocycles. The molecule has 1 aliphatic heterocycles. The average molecular weight is 530 g/mol. The van der Waals surface area contributed by atoms with Crippen molar-refractivity contribution in [3.8, 4) is 16.2 Å². The number of piperidine rings is 1. The molecular formula is C27H35N3O6S. The number of benzene rings is 1. The Morgan fingerprint density at radius 1 is 1.08 bits per heavy atom. The van der Waals surface area contributed by atoms with Crippen molar-refractivity contribution in [3.63, 3.8) is 0 Å². The molecule has 10 heteroatoms. The summed E-state index contributed by atoms with van der Waals surface area (Å²) < 4.78 is 5.30. The molecular weight excluding hydrogens is 494 g/mol. The van der Waals surface area contributed by atoms with E-state index in [0.29, 0.717) is 17.5 Å². The number of likely N-dealkylation sites (tertiary alicyclic amines) is 1. The Hall–Kier alpha value is -3.27. The molecule has 9 nitrogen and oxygen atoms in total. The van der Waals surface area contributed by atoms with E-state index in [2.05, 4.69) is 10.6 Å². The second kappa shape index (κ2) is 12.3. The first-order valence-corrected chi connectivity index (χ1v) is 13.7. The van der Waals surface area contributed by atoms with Crippen LogP contribution in [0.3, 0.4) is 0 Å². The SMILES string of the molecule is Cc1c(-c2cccc(NCC3CCN(C(=O)NC4CCCCC4)CC3)c2)sc(C(=O)O)c1OCC(=O)O. The van der Waals surface area contributed by atoms with Crippen LogP contribution in [0.15, 0.2) is 24.3 Å². The van der Waals surface area contributed by atoms with Crippen LogP contribution < -0.4 is 15.4 Å². The van der Waals surface area contributed by atoms with E-state index in [1.807, 2.05) is 29.2 Å². The summed E-state index contributed by atoms with van der Waals surface area (Å²) in [6.45, 7) is 3.46. The second-order valence-electron chi connectivity index (χ2n) is 9.88. The maximum absolute atomic E-state index is 12.6. The number of hydrogen-bond acceptors (Lipinski definition) is 6. The third-order valence-corrected chi connectivity index (χ3v) is 8.49. The summed E-state index contributed by atoms with van der Waals surface area (Å²) >= 11 is 1.08. The lowest BCUT2D eigenvalue weighted by atomic mass is 9.95. The van der Waals surface area contributed by atoms with Gasteiger partial charge >= 0.3 is 18.0 Å². The summed E-state index contributed by atoms with van der Waals surface area (Å²) in [6, 6.07) is 8.15. The van der Waals surface area contributed by atoms with E-state index in [0.717, 1.165) is 72.8 Å². The lowest BCUT2D eigenvalue weighted by molar-refractivity contribution is -0.139. The Bertz CT molecular complexity index is 1120. The molecule has 2 fully saturated rings. The molecule has 1 saturated carbocycles. The number of urea groups is 1. The van der Waals surface area contributed by atoms with Gasteiger partial charge in [0, 0.05) is 41.8 Å². The monoisotopic (exact) mass is 529 g/mol. The maximum Gasteiger partial charge on any atom is 0.349 e. The summed E-state index contributed by atoms with van der Waals surface area (Å²) in [5.74, 6) is -1.74. The van der Waals surface area contributed by atoms with E-state index in [4.69, 9.17) is 9.84 Å². The van der Waals surface area contributed by atoms with Crippen molar-refractivity contribution in [3.05, 3.63) is 34.7 Å². The molecule has 0 bridgehead atoms. The Morgan fingerprint density at radius 2 is 1.81 bits per heavy atom.